The van der Waals surface area contributed by atoms with Gasteiger partial charge < -0.3 is 34.9 Å². The summed E-state index contributed by atoms with van der Waals surface area (Å²) in [4.78, 5) is 49.1. The Hall–Kier alpha value is -3.78. The van der Waals surface area contributed by atoms with Gasteiger partial charge in [0.2, 0.25) is 0 Å². The van der Waals surface area contributed by atoms with Crippen LogP contribution in [0.25, 0.3) is 11.2 Å². The number of carbonyl (C=O) groups excluding carboxylic acids is 3. The van der Waals surface area contributed by atoms with Crippen molar-refractivity contribution in [3.8, 4) is 0 Å². The fraction of sp³-hybridized carbons (Fsp3) is 0.583. The van der Waals surface area contributed by atoms with Crippen LogP contribution in [0.2, 0.25) is 0 Å². The molecule has 3 N–H and O–H groups in total. The number of ether oxygens (including phenoxy) is 4. The number of amides is 1. The van der Waals surface area contributed by atoms with Crippen molar-refractivity contribution in [1.82, 2.24) is 29.7 Å². The van der Waals surface area contributed by atoms with Crippen LogP contribution >= 0.6 is 0 Å². The molecule has 14 heteroatoms. The van der Waals surface area contributed by atoms with Crippen LogP contribution in [0, 0.1) is 0 Å². The van der Waals surface area contributed by atoms with E-state index >= 15 is 0 Å². The number of nitrogens with zero attached hydrogens (tertiary/aromatic N) is 5. The number of esters is 2. The fourth-order valence-electron chi connectivity index (χ4n) is 3.24. The number of aromatic nitrogens is 4. The third-order valence-corrected chi connectivity index (χ3v) is 4.81. The summed E-state index contributed by atoms with van der Waals surface area (Å²) in [5, 5.41) is 2.65. The Morgan fingerprint density at radius 3 is 2.45 bits per heavy atom. The second-order valence-corrected chi connectivity index (χ2v) is 9.48. The number of nitrogens with one attached hydrogen (secondary N) is 1. The van der Waals surface area contributed by atoms with Gasteiger partial charge in [-0.2, -0.15) is 0 Å². The summed E-state index contributed by atoms with van der Waals surface area (Å²) >= 11 is 0. The lowest BCUT2D eigenvalue weighted by Crippen LogP contribution is -2.38. The van der Waals surface area contributed by atoms with E-state index in [1.54, 1.807) is 31.4 Å². The minimum absolute atomic E-state index is 0.0378. The van der Waals surface area contributed by atoms with Crippen LogP contribution in [0.3, 0.4) is 0 Å². The number of nitrogen functional groups attached to an aromatic ring is 1. The highest BCUT2D eigenvalue weighted by molar-refractivity contribution is 5.81. The number of fused-ring (bicyclic) bond motifs is 1. The summed E-state index contributed by atoms with van der Waals surface area (Å²) in [7, 11) is 1.86. The monoisotopic (exact) mass is 535 g/mol. The highest BCUT2D eigenvalue weighted by atomic mass is 16.6. The summed E-state index contributed by atoms with van der Waals surface area (Å²) in [5.74, 6) is -0.750. The number of rotatable bonds is 13. The predicted molar refractivity (Wildman–Crippen MR) is 138 cm³/mol. The standard InChI is InChI=1S/C24H37N7O7/c1-16(32)35-12-18(11-30(6)10-8-7-9-26-23(34)38-24(3,4)5)37-19(13-36-17(2)33)31-15-29-20-21(25)27-14-28-22(20)31/h7-8,14-15,18-19H,9-13H2,1-6H3,(H,26,34)(H2,25,27,28)/b8-7-/t18-,19-/m1/s1. The van der Waals surface area contributed by atoms with Crippen LogP contribution in [-0.2, 0) is 28.5 Å². The van der Waals surface area contributed by atoms with E-state index in [1.807, 2.05) is 18.0 Å². The number of imidazole rings is 1. The maximum Gasteiger partial charge on any atom is 0.407 e. The third-order valence-electron chi connectivity index (χ3n) is 4.81. The van der Waals surface area contributed by atoms with E-state index in [2.05, 4.69) is 20.3 Å². The number of anilines is 1. The highest BCUT2D eigenvalue weighted by Gasteiger charge is 2.24. The lowest BCUT2D eigenvalue weighted by Gasteiger charge is -2.28. The first kappa shape index (κ1) is 30.4. The molecule has 0 unspecified atom stereocenters. The van der Waals surface area contributed by atoms with Crippen LogP contribution in [0.5, 0.6) is 0 Å². The first-order chi connectivity index (χ1) is 17.9. The minimum Gasteiger partial charge on any atom is -0.463 e. The molecule has 14 nitrogen and oxygen atoms in total. The Bertz CT molecular complexity index is 1110. The molecule has 210 valence electrons. The van der Waals surface area contributed by atoms with Gasteiger partial charge in [0.05, 0.1) is 6.33 Å². The summed E-state index contributed by atoms with van der Waals surface area (Å²) in [5.41, 5.74) is 6.10. The van der Waals surface area contributed by atoms with Gasteiger partial charge in [-0.15, -0.1) is 0 Å². The summed E-state index contributed by atoms with van der Waals surface area (Å²) in [6, 6.07) is 0. The maximum atomic E-state index is 11.7. The Morgan fingerprint density at radius 1 is 1.11 bits per heavy atom. The van der Waals surface area contributed by atoms with Crippen molar-refractivity contribution < 1.29 is 33.3 Å². The van der Waals surface area contributed by atoms with Crippen LogP contribution < -0.4 is 11.1 Å². The van der Waals surface area contributed by atoms with Gasteiger partial charge in [-0.1, -0.05) is 12.2 Å². The molecule has 0 fully saturated rings. The molecule has 0 bridgehead atoms. The largest absolute Gasteiger partial charge is 0.463 e. The lowest BCUT2D eigenvalue weighted by atomic mass is 10.2. The van der Waals surface area contributed by atoms with E-state index in [4.69, 9.17) is 24.7 Å². The van der Waals surface area contributed by atoms with Crippen molar-refractivity contribution in [3.63, 3.8) is 0 Å². The van der Waals surface area contributed by atoms with Gasteiger partial charge in [0, 0.05) is 33.5 Å². The fourth-order valence-corrected chi connectivity index (χ4v) is 3.24. The predicted octanol–water partition coefficient (Wildman–Crippen LogP) is 1.43. The molecule has 0 aliphatic rings. The van der Waals surface area contributed by atoms with Crippen LogP contribution in [0.4, 0.5) is 10.6 Å². The number of nitrogens with two attached hydrogens (primary N) is 1. The molecule has 2 rings (SSSR count). The van der Waals surface area contributed by atoms with Gasteiger partial charge in [-0.05, 0) is 27.8 Å². The van der Waals surface area contributed by atoms with E-state index in [9.17, 15) is 14.4 Å². The molecule has 0 saturated heterocycles. The molecule has 0 saturated carbocycles. The summed E-state index contributed by atoms with van der Waals surface area (Å²) in [6.07, 6.45) is 4.51. The number of carbonyl (C=O) groups is 3. The zero-order chi connectivity index (χ0) is 28.3. The van der Waals surface area contributed by atoms with Gasteiger partial charge in [0.15, 0.2) is 17.7 Å². The quantitative estimate of drug-likeness (QED) is 0.215. The molecule has 2 heterocycles. The van der Waals surface area contributed by atoms with Crippen molar-refractivity contribution in [3.05, 3.63) is 24.8 Å². The van der Waals surface area contributed by atoms with Crippen LogP contribution in [0.1, 0.15) is 40.8 Å². The highest BCUT2D eigenvalue weighted by Crippen LogP contribution is 2.21. The van der Waals surface area contributed by atoms with E-state index in [1.165, 1.54) is 26.5 Å². The first-order valence-corrected chi connectivity index (χ1v) is 12.0. The van der Waals surface area contributed by atoms with E-state index < -0.39 is 36.0 Å². The number of hydrogen-bond acceptors (Lipinski definition) is 12. The van der Waals surface area contributed by atoms with Crippen LogP contribution in [-0.4, -0.2) is 94.1 Å². The molecule has 0 aliphatic heterocycles. The van der Waals surface area contributed by atoms with E-state index in [0.717, 1.165) is 0 Å². The second-order valence-electron chi connectivity index (χ2n) is 9.48. The molecular weight excluding hydrogens is 498 g/mol. The smallest absolute Gasteiger partial charge is 0.407 e. The number of alkyl carbamates (subject to hydrolysis) is 1. The van der Waals surface area contributed by atoms with Crippen molar-refractivity contribution in [2.75, 3.05) is 45.6 Å². The van der Waals surface area contributed by atoms with Crippen molar-refractivity contribution in [2.24, 2.45) is 0 Å². The topological polar surface area (TPSA) is 173 Å². The molecule has 2 aromatic heterocycles. The summed E-state index contributed by atoms with van der Waals surface area (Å²) in [6.45, 7) is 8.98. The Balaban J connectivity index is 2.07. The molecule has 1 amide bonds. The Labute approximate surface area is 221 Å². The van der Waals surface area contributed by atoms with Crippen molar-refractivity contribution in [1.29, 1.82) is 0 Å². The molecular formula is C24H37N7O7. The van der Waals surface area contributed by atoms with Gasteiger partial charge >= 0.3 is 18.0 Å². The van der Waals surface area contributed by atoms with E-state index in [0.29, 0.717) is 30.8 Å². The zero-order valence-electron chi connectivity index (χ0n) is 22.7. The molecule has 38 heavy (non-hydrogen) atoms. The molecule has 0 spiro atoms. The van der Waals surface area contributed by atoms with Crippen molar-refractivity contribution >= 4 is 35.0 Å². The zero-order valence-corrected chi connectivity index (χ0v) is 22.7. The third kappa shape index (κ3) is 10.7. The average molecular weight is 536 g/mol. The number of likely N-dealkylation sites (N-methyl/N-ethyl adjacent to an activating group) is 1. The molecule has 0 aromatic carbocycles. The van der Waals surface area contributed by atoms with E-state index in [-0.39, 0.29) is 19.0 Å². The Kier molecular flexibility index (Phi) is 11.4. The lowest BCUT2D eigenvalue weighted by molar-refractivity contribution is -0.160. The molecule has 2 aromatic rings. The van der Waals surface area contributed by atoms with Crippen LogP contribution in [0.15, 0.2) is 24.8 Å². The molecule has 0 aliphatic carbocycles. The maximum absolute atomic E-state index is 11.7. The van der Waals surface area contributed by atoms with Gasteiger partial charge in [-0.25, -0.2) is 19.7 Å². The second kappa shape index (κ2) is 14.2. The SMILES string of the molecule is CC(=O)OC[C@@H](CN(C)C/C=C\CNC(=O)OC(C)(C)C)O[C@H](COC(C)=O)n1cnc2c(N)ncnc21. The van der Waals surface area contributed by atoms with Gasteiger partial charge in [0.25, 0.3) is 0 Å². The van der Waals surface area contributed by atoms with Gasteiger partial charge in [0.1, 0.15) is 36.8 Å². The normalized spacial score (nSPS) is 13.4. The molecule has 2 atom stereocenters. The van der Waals surface area contributed by atoms with Gasteiger partial charge in [-0.3, -0.25) is 14.2 Å². The minimum atomic E-state index is -0.833. The van der Waals surface area contributed by atoms with Crippen molar-refractivity contribution in [2.45, 2.75) is 52.6 Å². The number of hydrogen-bond donors (Lipinski definition) is 2. The Morgan fingerprint density at radius 2 is 1.79 bits per heavy atom. The first-order valence-electron chi connectivity index (χ1n) is 12.0. The summed E-state index contributed by atoms with van der Waals surface area (Å²) < 4.78 is 23.5. The average Bonchev–Trinajstić information content (AvgIpc) is 3.24. The molecule has 0 radical (unpaired) electrons.